The Bertz CT molecular complexity index is 946. The number of oxime groups is 1. The fraction of sp³-hybridized carbons (Fsp3) is 0.333. The molecule has 2 aliphatic rings. The summed E-state index contributed by atoms with van der Waals surface area (Å²) >= 11 is 0. The van der Waals surface area contributed by atoms with Gasteiger partial charge in [0, 0.05) is 11.1 Å². The molecule has 6 heteroatoms. The standard InChI is InChI=1S/C21H21N3O3/c1-12(2)26-19-9-6-13(10-14(19)11-22)21-23-20(24-27-21)17-5-3-4-16-15(17)7-8-18(16)25/h3-6,9-10,12,18,21,25H,7-8H2,1-2H3,(H,23,24)/t18-,21?/m0/s1. The molecular weight excluding hydrogens is 342 g/mol. The van der Waals surface area contributed by atoms with Gasteiger partial charge < -0.3 is 20.0 Å². The van der Waals surface area contributed by atoms with Crippen LogP contribution in [0, 0.1) is 11.3 Å². The molecule has 1 aliphatic heterocycles. The third-order valence-corrected chi connectivity index (χ3v) is 4.80. The Morgan fingerprint density at radius 1 is 1.33 bits per heavy atom. The van der Waals surface area contributed by atoms with Gasteiger partial charge in [0.1, 0.15) is 11.8 Å². The van der Waals surface area contributed by atoms with Crippen LogP contribution in [0.15, 0.2) is 41.6 Å². The fourth-order valence-corrected chi connectivity index (χ4v) is 3.56. The van der Waals surface area contributed by atoms with E-state index in [4.69, 9.17) is 9.57 Å². The number of aliphatic hydroxyl groups excluding tert-OH is 1. The van der Waals surface area contributed by atoms with Crippen LogP contribution in [0.3, 0.4) is 0 Å². The molecule has 0 fully saturated rings. The van der Waals surface area contributed by atoms with Gasteiger partial charge in [-0.3, -0.25) is 0 Å². The van der Waals surface area contributed by atoms with E-state index in [9.17, 15) is 10.4 Å². The molecule has 0 amide bonds. The molecule has 2 N–H and O–H groups in total. The lowest BCUT2D eigenvalue weighted by molar-refractivity contribution is 0.0728. The molecule has 0 saturated heterocycles. The van der Waals surface area contributed by atoms with Crippen LogP contribution in [0.2, 0.25) is 0 Å². The molecule has 4 rings (SSSR count). The zero-order chi connectivity index (χ0) is 19.0. The van der Waals surface area contributed by atoms with Crippen LogP contribution < -0.4 is 10.1 Å². The van der Waals surface area contributed by atoms with Gasteiger partial charge in [0.05, 0.1) is 17.8 Å². The molecule has 1 heterocycles. The van der Waals surface area contributed by atoms with Gasteiger partial charge in [0.25, 0.3) is 0 Å². The summed E-state index contributed by atoms with van der Waals surface area (Å²) in [4.78, 5) is 5.58. The van der Waals surface area contributed by atoms with Crippen molar-refractivity contribution >= 4 is 5.84 Å². The zero-order valence-corrected chi connectivity index (χ0v) is 15.3. The first kappa shape index (κ1) is 17.4. The first-order valence-corrected chi connectivity index (χ1v) is 9.08. The van der Waals surface area contributed by atoms with Crippen molar-refractivity contribution in [1.29, 1.82) is 5.26 Å². The van der Waals surface area contributed by atoms with Crippen molar-refractivity contribution in [2.75, 3.05) is 0 Å². The van der Waals surface area contributed by atoms with Crippen molar-refractivity contribution in [1.82, 2.24) is 5.32 Å². The van der Waals surface area contributed by atoms with Gasteiger partial charge in [-0.15, -0.1) is 0 Å². The molecule has 2 aromatic carbocycles. The van der Waals surface area contributed by atoms with Crippen molar-refractivity contribution in [3.8, 4) is 11.8 Å². The van der Waals surface area contributed by atoms with E-state index >= 15 is 0 Å². The van der Waals surface area contributed by atoms with Crippen molar-refractivity contribution in [3.63, 3.8) is 0 Å². The van der Waals surface area contributed by atoms with Crippen LogP contribution in [0.5, 0.6) is 5.75 Å². The molecule has 0 aromatic heterocycles. The Morgan fingerprint density at radius 3 is 2.96 bits per heavy atom. The Labute approximate surface area is 158 Å². The number of benzene rings is 2. The average molecular weight is 363 g/mol. The second-order valence-electron chi connectivity index (χ2n) is 7.03. The van der Waals surface area contributed by atoms with Crippen LogP contribution in [-0.2, 0) is 11.3 Å². The van der Waals surface area contributed by atoms with E-state index in [1.165, 1.54) is 0 Å². The number of ether oxygens (including phenoxy) is 1. The Hall–Kier alpha value is -3.04. The van der Waals surface area contributed by atoms with Crippen molar-refractivity contribution in [2.45, 2.75) is 45.1 Å². The Morgan fingerprint density at radius 2 is 2.19 bits per heavy atom. The summed E-state index contributed by atoms with van der Waals surface area (Å²) < 4.78 is 5.67. The molecule has 27 heavy (non-hydrogen) atoms. The normalized spacial score (nSPS) is 20.5. The zero-order valence-electron chi connectivity index (χ0n) is 15.3. The molecule has 0 saturated carbocycles. The summed E-state index contributed by atoms with van der Waals surface area (Å²) in [6.07, 6.45) is 0.659. The highest BCUT2D eigenvalue weighted by Crippen LogP contribution is 2.34. The molecule has 0 radical (unpaired) electrons. The number of fused-ring (bicyclic) bond motifs is 1. The Kier molecular flexibility index (Phi) is 4.46. The molecule has 2 atom stereocenters. The molecular formula is C21H21N3O3. The minimum atomic E-state index is -0.470. The first-order chi connectivity index (χ1) is 13.1. The lowest BCUT2D eigenvalue weighted by Crippen LogP contribution is -2.24. The summed E-state index contributed by atoms with van der Waals surface area (Å²) in [7, 11) is 0. The molecule has 0 bridgehead atoms. The highest BCUT2D eigenvalue weighted by Gasteiger charge is 2.29. The first-order valence-electron chi connectivity index (χ1n) is 9.08. The maximum Gasteiger partial charge on any atom is 0.224 e. The minimum Gasteiger partial charge on any atom is -0.490 e. The van der Waals surface area contributed by atoms with Gasteiger partial charge in [-0.1, -0.05) is 23.4 Å². The number of aliphatic hydroxyl groups is 1. The maximum atomic E-state index is 10.1. The molecule has 1 aliphatic carbocycles. The van der Waals surface area contributed by atoms with Gasteiger partial charge >= 0.3 is 0 Å². The Balaban J connectivity index is 1.56. The second-order valence-corrected chi connectivity index (χ2v) is 7.03. The summed E-state index contributed by atoms with van der Waals surface area (Å²) in [5.41, 5.74) is 4.28. The number of amidine groups is 1. The summed E-state index contributed by atoms with van der Waals surface area (Å²) in [5, 5.41) is 27.0. The van der Waals surface area contributed by atoms with Gasteiger partial charge in [0.15, 0.2) is 5.84 Å². The smallest absolute Gasteiger partial charge is 0.224 e. The average Bonchev–Trinajstić information content (AvgIpc) is 3.29. The van der Waals surface area contributed by atoms with Gasteiger partial charge in [-0.05, 0) is 56.0 Å². The summed E-state index contributed by atoms with van der Waals surface area (Å²) in [6.45, 7) is 3.85. The van der Waals surface area contributed by atoms with Gasteiger partial charge in [-0.25, -0.2) is 0 Å². The topological polar surface area (TPSA) is 86.9 Å². The van der Waals surface area contributed by atoms with Crippen LogP contribution in [0.25, 0.3) is 0 Å². The van der Waals surface area contributed by atoms with Crippen molar-refractivity contribution in [3.05, 3.63) is 64.2 Å². The van der Waals surface area contributed by atoms with Crippen molar-refractivity contribution < 1.29 is 14.7 Å². The van der Waals surface area contributed by atoms with Crippen LogP contribution in [0.4, 0.5) is 0 Å². The highest BCUT2D eigenvalue weighted by atomic mass is 16.7. The van der Waals surface area contributed by atoms with Gasteiger partial charge in [-0.2, -0.15) is 5.26 Å². The van der Waals surface area contributed by atoms with E-state index < -0.39 is 12.3 Å². The largest absolute Gasteiger partial charge is 0.490 e. The number of nitriles is 1. The number of rotatable bonds is 4. The van der Waals surface area contributed by atoms with Gasteiger partial charge in [0.2, 0.25) is 6.23 Å². The molecule has 2 aromatic rings. The quantitative estimate of drug-likeness (QED) is 0.870. The van der Waals surface area contributed by atoms with Crippen LogP contribution in [0.1, 0.15) is 60.4 Å². The SMILES string of the molecule is CC(C)Oc1ccc(C2NC(c3cccc4c3CC[C@@H]4O)=NO2)cc1C#N. The second kappa shape index (κ2) is 6.93. The lowest BCUT2D eigenvalue weighted by atomic mass is 10.0. The number of hydrogen-bond donors (Lipinski definition) is 2. The molecule has 1 unspecified atom stereocenters. The third-order valence-electron chi connectivity index (χ3n) is 4.80. The van der Waals surface area contributed by atoms with E-state index in [-0.39, 0.29) is 6.10 Å². The summed E-state index contributed by atoms with van der Waals surface area (Å²) in [6, 6.07) is 13.4. The van der Waals surface area contributed by atoms with E-state index in [0.717, 1.165) is 35.1 Å². The third kappa shape index (κ3) is 3.22. The molecule has 138 valence electrons. The maximum absolute atomic E-state index is 10.1. The predicted octanol–water partition coefficient (Wildman–Crippen LogP) is 3.31. The number of nitrogens with one attached hydrogen (secondary N) is 1. The highest BCUT2D eigenvalue weighted by molar-refractivity contribution is 6.01. The van der Waals surface area contributed by atoms with E-state index in [1.807, 2.05) is 38.1 Å². The minimum absolute atomic E-state index is 0.00531. The summed E-state index contributed by atoms with van der Waals surface area (Å²) in [5.74, 6) is 1.21. The van der Waals surface area contributed by atoms with E-state index in [1.54, 1.807) is 12.1 Å². The fourth-order valence-electron chi connectivity index (χ4n) is 3.56. The van der Waals surface area contributed by atoms with Crippen LogP contribution >= 0.6 is 0 Å². The van der Waals surface area contributed by atoms with Crippen molar-refractivity contribution in [2.24, 2.45) is 5.16 Å². The lowest BCUT2D eigenvalue weighted by Gasteiger charge is -2.15. The molecule has 6 nitrogen and oxygen atoms in total. The number of hydrogen-bond acceptors (Lipinski definition) is 6. The van der Waals surface area contributed by atoms with E-state index in [2.05, 4.69) is 16.5 Å². The van der Waals surface area contributed by atoms with Crippen LogP contribution in [-0.4, -0.2) is 17.0 Å². The predicted molar refractivity (Wildman–Crippen MR) is 100 cm³/mol. The number of nitrogens with zero attached hydrogens (tertiary/aromatic N) is 2. The monoisotopic (exact) mass is 363 g/mol. The van der Waals surface area contributed by atoms with E-state index in [0.29, 0.717) is 17.1 Å². The molecule has 0 spiro atoms.